The van der Waals surface area contributed by atoms with Crippen LogP contribution in [0.4, 0.5) is 5.13 Å². The SMILES string of the molecule is Cc1nc(N2CCOCC2)sc1C(=O)NNC(=O)c1cc2ccccc2o1. The summed E-state index contributed by atoms with van der Waals surface area (Å²) >= 11 is 1.30. The molecule has 2 amide bonds. The minimum atomic E-state index is -0.518. The molecule has 140 valence electrons. The number of aryl methyl sites for hydroxylation is 1. The molecule has 3 heterocycles. The van der Waals surface area contributed by atoms with E-state index in [1.165, 1.54) is 11.3 Å². The quantitative estimate of drug-likeness (QED) is 0.669. The number of rotatable bonds is 3. The number of carbonyl (C=O) groups is 2. The number of ether oxygens (including phenoxy) is 1. The Morgan fingerprint density at radius 3 is 2.67 bits per heavy atom. The molecule has 3 aromatic rings. The average Bonchev–Trinajstić information content (AvgIpc) is 3.30. The first-order valence-electron chi connectivity index (χ1n) is 8.51. The number of hydrazine groups is 1. The van der Waals surface area contributed by atoms with E-state index in [0.29, 0.717) is 29.4 Å². The number of hydrogen-bond donors (Lipinski definition) is 2. The number of furan rings is 1. The van der Waals surface area contributed by atoms with Gasteiger partial charge < -0.3 is 14.1 Å². The van der Waals surface area contributed by atoms with Crippen LogP contribution < -0.4 is 15.8 Å². The van der Waals surface area contributed by atoms with Gasteiger partial charge in [0.05, 0.1) is 18.9 Å². The summed E-state index contributed by atoms with van der Waals surface area (Å²) in [7, 11) is 0. The van der Waals surface area contributed by atoms with Crippen molar-refractivity contribution in [1.82, 2.24) is 15.8 Å². The second kappa shape index (κ2) is 7.37. The minimum Gasteiger partial charge on any atom is -0.451 e. The number of hydrogen-bond acceptors (Lipinski definition) is 7. The second-order valence-corrected chi connectivity index (χ2v) is 7.04. The van der Waals surface area contributed by atoms with Gasteiger partial charge in [-0.3, -0.25) is 20.4 Å². The largest absolute Gasteiger partial charge is 0.451 e. The number of aromatic nitrogens is 1. The molecule has 0 spiro atoms. The first kappa shape index (κ1) is 17.5. The molecule has 27 heavy (non-hydrogen) atoms. The highest BCUT2D eigenvalue weighted by Crippen LogP contribution is 2.26. The van der Waals surface area contributed by atoms with Gasteiger partial charge in [-0.05, 0) is 19.1 Å². The Balaban J connectivity index is 1.41. The van der Waals surface area contributed by atoms with Crippen LogP contribution in [0.15, 0.2) is 34.7 Å². The van der Waals surface area contributed by atoms with E-state index in [4.69, 9.17) is 9.15 Å². The fraction of sp³-hybridized carbons (Fsp3) is 0.278. The average molecular weight is 386 g/mol. The van der Waals surface area contributed by atoms with Gasteiger partial charge in [-0.15, -0.1) is 0 Å². The summed E-state index contributed by atoms with van der Waals surface area (Å²) in [4.78, 5) is 31.7. The molecule has 2 N–H and O–H groups in total. The summed E-state index contributed by atoms with van der Waals surface area (Å²) < 4.78 is 10.8. The van der Waals surface area contributed by atoms with Crippen molar-refractivity contribution in [3.8, 4) is 0 Å². The first-order valence-corrected chi connectivity index (χ1v) is 9.33. The van der Waals surface area contributed by atoms with Crippen LogP contribution in [0.2, 0.25) is 0 Å². The highest BCUT2D eigenvalue weighted by molar-refractivity contribution is 7.17. The van der Waals surface area contributed by atoms with E-state index in [-0.39, 0.29) is 5.76 Å². The molecule has 1 aliphatic heterocycles. The van der Waals surface area contributed by atoms with Crippen molar-refractivity contribution in [2.24, 2.45) is 0 Å². The number of morpholine rings is 1. The monoisotopic (exact) mass is 386 g/mol. The topological polar surface area (TPSA) is 96.7 Å². The van der Waals surface area contributed by atoms with E-state index >= 15 is 0 Å². The Kier molecular flexibility index (Phi) is 4.78. The number of amides is 2. The van der Waals surface area contributed by atoms with Crippen molar-refractivity contribution < 1.29 is 18.7 Å². The zero-order valence-electron chi connectivity index (χ0n) is 14.7. The summed E-state index contributed by atoms with van der Waals surface area (Å²) in [6, 6.07) is 8.94. The van der Waals surface area contributed by atoms with Gasteiger partial charge in [0.15, 0.2) is 10.9 Å². The molecule has 2 aromatic heterocycles. The van der Waals surface area contributed by atoms with E-state index in [1.807, 2.05) is 18.2 Å². The van der Waals surface area contributed by atoms with Crippen molar-refractivity contribution in [3.63, 3.8) is 0 Å². The summed E-state index contributed by atoms with van der Waals surface area (Å²) in [6.07, 6.45) is 0. The Bertz CT molecular complexity index is 957. The van der Waals surface area contributed by atoms with Gasteiger partial charge in [-0.2, -0.15) is 0 Å². The smallest absolute Gasteiger partial charge is 0.305 e. The lowest BCUT2D eigenvalue weighted by molar-refractivity contribution is 0.0833. The van der Waals surface area contributed by atoms with Crippen molar-refractivity contribution in [1.29, 1.82) is 0 Å². The molecule has 8 nitrogen and oxygen atoms in total. The highest BCUT2D eigenvalue weighted by Gasteiger charge is 2.21. The molecule has 0 unspecified atom stereocenters. The van der Waals surface area contributed by atoms with Gasteiger partial charge in [0.1, 0.15) is 10.5 Å². The van der Waals surface area contributed by atoms with Gasteiger partial charge in [-0.25, -0.2) is 4.98 Å². The number of carbonyl (C=O) groups excluding carboxylic acids is 2. The third-order valence-electron chi connectivity index (χ3n) is 4.21. The molecule has 1 aromatic carbocycles. The standard InChI is InChI=1S/C18H18N4O4S/c1-11-15(27-18(19-11)22-6-8-25-9-7-22)17(24)21-20-16(23)14-10-12-4-2-3-5-13(12)26-14/h2-5,10H,6-9H2,1H3,(H,20,23)(H,21,24). The summed E-state index contributed by atoms with van der Waals surface area (Å²) in [5, 5.41) is 1.60. The molecular weight excluding hydrogens is 368 g/mol. The van der Waals surface area contributed by atoms with Crippen molar-refractivity contribution in [2.45, 2.75) is 6.92 Å². The Labute approximate surface area is 159 Å². The molecular formula is C18H18N4O4S. The van der Waals surface area contributed by atoms with Crippen LogP contribution in [0, 0.1) is 6.92 Å². The lowest BCUT2D eigenvalue weighted by atomic mass is 10.2. The van der Waals surface area contributed by atoms with Gasteiger partial charge in [0, 0.05) is 18.5 Å². The Morgan fingerprint density at radius 1 is 1.15 bits per heavy atom. The molecule has 0 bridgehead atoms. The van der Waals surface area contributed by atoms with E-state index in [0.717, 1.165) is 23.6 Å². The fourth-order valence-corrected chi connectivity index (χ4v) is 3.82. The van der Waals surface area contributed by atoms with Crippen molar-refractivity contribution >= 4 is 39.3 Å². The predicted octanol–water partition coefficient (Wildman–Crippen LogP) is 2.11. The van der Waals surface area contributed by atoms with E-state index in [2.05, 4.69) is 20.7 Å². The van der Waals surface area contributed by atoms with Gasteiger partial charge in [0.2, 0.25) is 0 Å². The third kappa shape index (κ3) is 3.64. The second-order valence-electron chi connectivity index (χ2n) is 6.07. The van der Waals surface area contributed by atoms with Crippen LogP contribution in [0.3, 0.4) is 0 Å². The lowest BCUT2D eigenvalue weighted by Gasteiger charge is -2.25. The van der Waals surface area contributed by atoms with Crippen molar-refractivity contribution in [2.75, 3.05) is 31.2 Å². The molecule has 9 heteroatoms. The number of benzene rings is 1. The zero-order valence-corrected chi connectivity index (χ0v) is 15.5. The third-order valence-corrected chi connectivity index (χ3v) is 5.43. The van der Waals surface area contributed by atoms with Crippen LogP contribution in [-0.2, 0) is 4.74 Å². The Morgan fingerprint density at radius 2 is 1.89 bits per heavy atom. The van der Waals surface area contributed by atoms with Crippen LogP contribution in [-0.4, -0.2) is 43.1 Å². The van der Waals surface area contributed by atoms with E-state index in [1.54, 1.807) is 19.1 Å². The summed E-state index contributed by atoms with van der Waals surface area (Å²) in [6.45, 7) is 4.56. The minimum absolute atomic E-state index is 0.131. The molecule has 0 saturated carbocycles. The number of nitrogens with zero attached hydrogens (tertiary/aromatic N) is 2. The van der Waals surface area contributed by atoms with Crippen molar-refractivity contribution in [3.05, 3.63) is 46.7 Å². The van der Waals surface area contributed by atoms with Gasteiger partial charge in [-0.1, -0.05) is 29.5 Å². The van der Waals surface area contributed by atoms with Crippen LogP contribution in [0.25, 0.3) is 11.0 Å². The van der Waals surface area contributed by atoms with Crippen LogP contribution in [0.5, 0.6) is 0 Å². The molecule has 4 rings (SSSR count). The fourth-order valence-electron chi connectivity index (χ4n) is 2.81. The number of para-hydroxylation sites is 1. The summed E-state index contributed by atoms with van der Waals surface area (Å²) in [5.74, 6) is -0.796. The van der Waals surface area contributed by atoms with Gasteiger partial charge >= 0.3 is 5.91 Å². The molecule has 1 saturated heterocycles. The molecule has 0 radical (unpaired) electrons. The number of thiazole rings is 1. The first-order chi connectivity index (χ1) is 13.1. The lowest BCUT2D eigenvalue weighted by Crippen LogP contribution is -2.41. The number of fused-ring (bicyclic) bond motifs is 1. The maximum atomic E-state index is 12.4. The van der Waals surface area contributed by atoms with E-state index < -0.39 is 11.8 Å². The molecule has 1 fully saturated rings. The number of anilines is 1. The predicted molar refractivity (Wildman–Crippen MR) is 101 cm³/mol. The zero-order chi connectivity index (χ0) is 18.8. The molecule has 1 aliphatic rings. The van der Waals surface area contributed by atoms with Crippen LogP contribution in [0.1, 0.15) is 25.9 Å². The number of nitrogens with one attached hydrogen (secondary N) is 2. The Hall–Kier alpha value is -2.91. The normalized spacial score (nSPS) is 14.3. The maximum Gasteiger partial charge on any atom is 0.305 e. The maximum absolute atomic E-state index is 12.4. The van der Waals surface area contributed by atoms with Gasteiger partial charge in [0.25, 0.3) is 5.91 Å². The van der Waals surface area contributed by atoms with Crippen LogP contribution >= 0.6 is 11.3 Å². The molecule has 0 atom stereocenters. The highest BCUT2D eigenvalue weighted by atomic mass is 32.1. The molecule has 0 aliphatic carbocycles. The summed E-state index contributed by atoms with van der Waals surface area (Å²) in [5.41, 5.74) is 6.05. The van der Waals surface area contributed by atoms with E-state index in [9.17, 15) is 9.59 Å².